The quantitative estimate of drug-likeness (QED) is 0.0806. The van der Waals surface area contributed by atoms with Crippen LogP contribution in [0.3, 0.4) is 0 Å². The van der Waals surface area contributed by atoms with Crippen molar-refractivity contribution in [2.24, 2.45) is 17.2 Å². The molecule has 0 spiro atoms. The smallest absolute Gasteiger partial charge is 0.247 e. The molecule has 41 heavy (non-hydrogen) atoms. The molecule has 12 heteroatoms. The first-order chi connectivity index (χ1) is 19.7. The molecule has 1 aromatic heterocycles. The average molecular weight is 558 g/mol. The minimum absolute atomic E-state index is 0.0563. The van der Waals surface area contributed by atoms with Gasteiger partial charge in [-0.3, -0.25) is 30.2 Å². The second-order valence-corrected chi connectivity index (χ2v) is 9.45. The Kier molecular flexibility index (Phi) is 10.9. The van der Waals surface area contributed by atoms with Gasteiger partial charge in [-0.05, 0) is 42.0 Å². The highest BCUT2D eigenvalue weighted by Crippen LogP contribution is 2.23. The van der Waals surface area contributed by atoms with E-state index in [0.29, 0.717) is 36.1 Å². The zero-order valence-electron chi connectivity index (χ0n) is 22.5. The van der Waals surface area contributed by atoms with Gasteiger partial charge >= 0.3 is 0 Å². The lowest BCUT2D eigenvalue weighted by Crippen LogP contribution is -2.50. The Morgan fingerprint density at radius 2 is 1.51 bits per heavy atom. The largest absolute Gasteiger partial charge is 0.384 e. The summed E-state index contributed by atoms with van der Waals surface area (Å²) in [7, 11) is 0. The standard InChI is InChI=1S/C29H35N9O3/c30-25(31)20-12-10-18(11-13-20)16-22(21-8-4-14-35-17-21)27(40)38-24(19-6-2-1-3-7-19)28(41)37-23(26(32)39)9-5-15-36-29(33)34/h1-4,6-8,10-14,17,22-24H,5,9,15-16H2,(H3,30,31)(H2,32,39)(H,37,41)(H,38,40)(H4,33,34,36)/t22-,23?,24-/m0/s1. The number of aromatic nitrogens is 1. The average Bonchev–Trinajstić information content (AvgIpc) is 2.96. The van der Waals surface area contributed by atoms with Gasteiger partial charge in [-0.15, -0.1) is 0 Å². The molecule has 0 saturated heterocycles. The third-order valence-electron chi connectivity index (χ3n) is 6.43. The molecule has 1 heterocycles. The number of carbonyl (C=O) groups excluding carboxylic acids is 3. The monoisotopic (exact) mass is 557 g/mol. The minimum Gasteiger partial charge on any atom is -0.384 e. The van der Waals surface area contributed by atoms with Gasteiger partial charge in [-0.25, -0.2) is 0 Å². The number of nitrogens with zero attached hydrogens (tertiary/aromatic N) is 1. The molecule has 0 fully saturated rings. The van der Waals surface area contributed by atoms with Gasteiger partial charge in [0.1, 0.15) is 17.9 Å². The van der Waals surface area contributed by atoms with Crippen molar-refractivity contribution >= 4 is 29.5 Å². The molecule has 0 saturated carbocycles. The number of nitrogen functional groups attached to an aromatic ring is 1. The molecule has 0 aliphatic heterocycles. The maximum atomic E-state index is 13.8. The first kappa shape index (κ1) is 30.3. The lowest BCUT2D eigenvalue weighted by Gasteiger charge is -2.25. The van der Waals surface area contributed by atoms with Crippen LogP contribution < -0.4 is 33.2 Å². The lowest BCUT2D eigenvalue weighted by molar-refractivity contribution is -0.132. The molecule has 0 aliphatic carbocycles. The third kappa shape index (κ3) is 9.17. The van der Waals surface area contributed by atoms with E-state index < -0.39 is 35.7 Å². The second kappa shape index (κ2) is 14.8. The predicted molar refractivity (Wildman–Crippen MR) is 156 cm³/mol. The Morgan fingerprint density at radius 3 is 2.10 bits per heavy atom. The van der Waals surface area contributed by atoms with E-state index in [4.69, 9.17) is 28.0 Å². The van der Waals surface area contributed by atoms with Gasteiger partial charge in [-0.1, -0.05) is 60.7 Å². The Labute approximate surface area is 238 Å². The summed E-state index contributed by atoms with van der Waals surface area (Å²) in [6, 6.07) is 17.1. The zero-order chi connectivity index (χ0) is 29.8. The third-order valence-corrected chi connectivity index (χ3v) is 6.43. The van der Waals surface area contributed by atoms with Crippen LogP contribution >= 0.6 is 0 Å². The SMILES string of the molecule is N=C(N)NCCCC(NC(=O)[C@@H](NC(=O)[C@@H](Cc1ccc(C(=N)N)cc1)c1cccnc1)c1ccccc1)C(N)=O. The van der Waals surface area contributed by atoms with Gasteiger partial charge in [-0.2, -0.15) is 0 Å². The number of primary amides is 1. The van der Waals surface area contributed by atoms with Crippen LogP contribution in [0.25, 0.3) is 0 Å². The molecule has 3 amide bonds. The number of carbonyl (C=O) groups is 3. The highest BCUT2D eigenvalue weighted by atomic mass is 16.2. The molecule has 0 bridgehead atoms. The van der Waals surface area contributed by atoms with Crippen LogP contribution in [0.5, 0.6) is 0 Å². The molecule has 0 radical (unpaired) electrons. The molecule has 1 unspecified atom stereocenters. The summed E-state index contributed by atoms with van der Waals surface area (Å²) in [4.78, 5) is 43.6. The Hall–Kier alpha value is -5.26. The number of guanidine groups is 1. The Morgan fingerprint density at radius 1 is 0.829 bits per heavy atom. The van der Waals surface area contributed by atoms with Crippen molar-refractivity contribution in [2.45, 2.75) is 37.3 Å². The van der Waals surface area contributed by atoms with E-state index >= 15 is 0 Å². The highest BCUT2D eigenvalue weighted by molar-refractivity contribution is 5.95. The highest BCUT2D eigenvalue weighted by Gasteiger charge is 2.30. The molecule has 214 valence electrons. The van der Waals surface area contributed by atoms with Crippen molar-refractivity contribution in [3.05, 3.63) is 101 Å². The van der Waals surface area contributed by atoms with Crippen molar-refractivity contribution in [3.63, 3.8) is 0 Å². The maximum Gasteiger partial charge on any atom is 0.247 e. The topological polar surface area (TPSA) is 226 Å². The molecule has 3 aromatic rings. The molecule has 2 aromatic carbocycles. The van der Waals surface area contributed by atoms with Crippen molar-refractivity contribution in [2.75, 3.05) is 6.54 Å². The summed E-state index contributed by atoms with van der Waals surface area (Å²) >= 11 is 0. The molecule has 11 N–H and O–H groups in total. The van der Waals surface area contributed by atoms with E-state index in [1.807, 2.05) is 0 Å². The van der Waals surface area contributed by atoms with Crippen LogP contribution in [-0.4, -0.2) is 47.1 Å². The predicted octanol–water partition coefficient (Wildman–Crippen LogP) is 0.783. The van der Waals surface area contributed by atoms with Gasteiger partial charge in [0, 0.05) is 24.5 Å². The fourth-order valence-electron chi connectivity index (χ4n) is 4.26. The van der Waals surface area contributed by atoms with E-state index in [0.717, 1.165) is 5.56 Å². The first-order valence-electron chi connectivity index (χ1n) is 13.0. The molecule has 0 aliphatic rings. The van der Waals surface area contributed by atoms with Crippen LogP contribution in [0, 0.1) is 10.8 Å². The van der Waals surface area contributed by atoms with Crippen molar-refractivity contribution in [3.8, 4) is 0 Å². The number of benzene rings is 2. The van der Waals surface area contributed by atoms with E-state index in [-0.39, 0.29) is 18.2 Å². The summed E-state index contributed by atoms with van der Waals surface area (Å²) in [6.07, 6.45) is 4.14. The fraction of sp³-hybridized carbons (Fsp3) is 0.241. The second-order valence-electron chi connectivity index (χ2n) is 9.45. The van der Waals surface area contributed by atoms with E-state index in [1.54, 1.807) is 79.1 Å². The number of rotatable bonds is 14. The molecule has 12 nitrogen and oxygen atoms in total. The fourth-order valence-corrected chi connectivity index (χ4v) is 4.26. The van der Waals surface area contributed by atoms with Crippen molar-refractivity contribution in [1.29, 1.82) is 10.8 Å². The van der Waals surface area contributed by atoms with Crippen LogP contribution in [0.15, 0.2) is 79.1 Å². The number of amides is 3. The van der Waals surface area contributed by atoms with Gasteiger partial charge in [0.05, 0.1) is 5.92 Å². The number of pyridine rings is 1. The number of nitrogens with one attached hydrogen (secondary N) is 5. The Bertz CT molecular complexity index is 1350. The van der Waals surface area contributed by atoms with Crippen LogP contribution in [-0.2, 0) is 20.8 Å². The number of hydrogen-bond donors (Lipinski definition) is 8. The number of nitrogens with two attached hydrogens (primary N) is 3. The van der Waals surface area contributed by atoms with Gasteiger partial charge < -0.3 is 33.2 Å². The van der Waals surface area contributed by atoms with Crippen LogP contribution in [0.4, 0.5) is 0 Å². The Balaban J connectivity index is 1.84. The summed E-state index contributed by atoms with van der Waals surface area (Å²) in [5.74, 6) is -2.69. The van der Waals surface area contributed by atoms with Crippen molar-refractivity contribution in [1.82, 2.24) is 20.9 Å². The molecule has 3 rings (SSSR count). The van der Waals surface area contributed by atoms with E-state index in [2.05, 4.69) is 20.9 Å². The summed E-state index contributed by atoms with van der Waals surface area (Å²) in [6.45, 7) is 0.327. The number of amidine groups is 1. The molecule has 3 atom stereocenters. The van der Waals surface area contributed by atoms with Crippen molar-refractivity contribution < 1.29 is 14.4 Å². The molecular formula is C29H35N9O3. The number of hydrogen-bond acceptors (Lipinski definition) is 6. The minimum atomic E-state index is -1.11. The normalized spacial score (nSPS) is 12.8. The summed E-state index contributed by atoms with van der Waals surface area (Å²) < 4.78 is 0. The lowest BCUT2D eigenvalue weighted by atomic mass is 9.91. The van der Waals surface area contributed by atoms with Crippen LogP contribution in [0.2, 0.25) is 0 Å². The van der Waals surface area contributed by atoms with Gasteiger partial charge in [0.15, 0.2) is 5.96 Å². The van der Waals surface area contributed by atoms with Gasteiger partial charge in [0.25, 0.3) is 0 Å². The zero-order valence-corrected chi connectivity index (χ0v) is 22.5. The van der Waals surface area contributed by atoms with E-state index in [9.17, 15) is 14.4 Å². The van der Waals surface area contributed by atoms with Crippen LogP contribution in [0.1, 0.15) is 47.1 Å². The molecular weight excluding hydrogens is 522 g/mol. The first-order valence-corrected chi connectivity index (χ1v) is 13.0. The maximum absolute atomic E-state index is 13.8. The summed E-state index contributed by atoms with van der Waals surface area (Å²) in [5.41, 5.74) is 19.0. The van der Waals surface area contributed by atoms with E-state index in [1.165, 1.54) is 0 Å². The van der Waals surface area contributed by atoms with Gasteiger partial charge in [0.2, 0.25) is 17.7 Å². The summed E-state index contributed by atoms with van der Waals surface area (Å²) in [5, 5.41) is 23.0.